The molecular formula is C12H12ClNO2. The van der Waals surface area contributed by atoms with Gasteiger partial charge < -0.3 is 9.30 Å². The van der Waals surface area contributed by atoms with E-state index >= 15 is 0 Å². The molecule has 0 atom stereocenters. The van der Waals surface area contributed by atoms with Crippen molar-refractivity contribution in [1.82, 2.24) is 4.57 Å². The zero-order valence-electron chi connectivity index (χ0n) is 9.37. The normalized spacial score (nSPS) is 10.8. The number of halogens is 1. The molecule has 2 aromatic rings. The molecule has 1 aromatic carbocycles. The van der Waals surface area contributed by atoms with Gasteiger partial charge in [0.05, 0.1) is 7.11 Å². The molecule has 0 saturated carbocycles. The largest absolute Gasteiger partial charge is 0.464 e. The first-order valence-electron chi connectivity index (χ1n) is 4.89. The topological polar surface area (TPSA) is 31.2 Å². The molecule has 0 spiro atoms. The second-order valence-electron chi connectivity index (χ2n) is 3.69. The molecule has 0 aliphatic carbocycles. The minimum atomic E-state index is -0.339. The molecule has 0 saturated heterocycles. The molecule has 0 amide bonds. The average Bonchev–Trinajstić information content (AvgIpc) is 2.61. The highest BCUT2D eigenvalue weighted by Gasteiger charge is 2.15. The molecule has 16 heavy (non-hydrogen) atoms. The van der Waals surface area contributed by atoms with Crippen molar-refractivity contribution in [3.05, 3.63) is 34.5 Å². The summed E-state index contributed by atoms with van der Waals surface area (Å²) in [5.74, 6) is -0.339. The number of carbonyl (C=O) groups excluding carboxylic acids is 1. The molecule has 4 heteroatoms. The van der Waals surface area contributed by atoms with Crippen molar-refractivity contribution in [2.24, 2.45) is 7.05 Å². The summed E-state index contributed by atoms with van der Waals surface area (Å²) in [6, 6.07) is 5.54. The maximum Gasteiger partial charge on any atom is 0.354 e. The van der Waals surface area contributed by atoms with Crippen LogP contribution in [0.25, 0.3) is 10.9 Å². The summed E-state index contributed by atoms with van der Waals surface area (Å²) < 4.78 is 6.53. The van der Waals surface area contributed by atoms with Crippen molar-refractivity contribution >= 4 is 28.5 Å². The first-order valence-corrected chi connectivity index (χ1v) is 5.27. The van der Waals surface area contributed by atoms with Crippen LogP contribution in [0.4, 0.5) is 0 Å². The molecule has 0 aliphatic heterocycles. The number of rotatable bonds is 1. The van der Waals surface area contributed by atoms with Crippen LogP contribution >= 0.6 is 11.6 Å². The molecule has 1 heterocycles. The molecule has 2 rings (SSSR count). The lowest BCUT2D eigenvalue weighted by atomic mass is 10.1. The zero-order valence-corrected chi connectivity index (χ0v) is 10.1. The lowest BCUT2D eigenvalue weighted by Crippen LogP contribution is -2.06. The predicted octanol–water partition coefficient (Wildman–Crippen LogP) is 2.93. The van der Waals surface area contributed by atoms with E-state index in [4.69, 9.17) is 16.3 Å². The summed E-state index contributed by atoms with van der Waals surface area (Å²) in [5, 5.41) is 1.69. The van der Waals surface area contributed by atoms with E-state index in [1.165, 1.54) is 7.11 Å². The number of aryl methyl sites for hydroxylation is 2. The molecule has 3 nitrogen and oxygen atoms in total. The third kappa shape index (κ3) is 1.48. The SMILES string of the molecule is COC(=O)c1cc2c(C)c(Cl)ccc2n1C. The number of fused-ring (bicyclic) bond motifs is 1. The van der Waals surface area contributed by atoms with E-state index in [-0.39, 0.29) is 5.97 Å². The molecule has 0 radical (unpaired) electrons. The smallest absolute Gasteiger partial charge is 0.354 e. The fourth-order valence-electron chi connectivity index (χ4n) is 1.83. The maximum absolute atomic E-state index is 11.5. The van der Waals surface area contributed by atoms with Crippen LogP contribution in [0.2, 0.25) is 5.02 Å². The maximum atomic E-state index is 11.5. The Kier molecular flexibility index (Phi) is 2.64. The Bertz CT molecular complexity index is 572. The number of benzene rings is 1. The lowest BCUT2D eigenvalue weighted by molar-refractivity contribution is 0.0590. The van der Waals surface area contributed by atoms with Gasteiger partial charge in [-0.1, -0.05) is 11.6 Å². The van der Waals surface area contributed by atoms with Gasteiger partial charge in [-0.15, -0.1) is 0 Å². The first kappa shape index (κ1) is 11.0. The van der Waals surface area contributed by atoms with Crippen molar-refractivity contribution in [2.75, 3.05) is 7.11 Å². The fraction of sp³-hybridized carbons (Fsp3) is 0.250. The molecule has 0 fully saturated rings. The summed E-state index contributed by atoms with van der Waals surface area (Å²) in [5.41, 5.74) is 2.48. The summed E-state index contributed by atoms with van der Waals surface area (Å²) in [7, 11) is 3.21. The number of hydrogen-bond donors (Lipinski definition) is 0. The minimum absolute atomic E-state index is 0.339. The van der Waals surface area contributed by atoms with Crippen LogP contribution < -0.4 is 0 Å². The Balaban J connectivity index is 2.77. The second-order valence-corrected chi connectivity index (χ2v) is 4.09. The number of nitrogens with zero attached hydrogens (tertiary/aromatic N) is 1. The number of carbonyl (C=O) groups is 1. The number of hydrogen-bond acceptors (Lipinski definition) is 2. The lowest BCUT2D eigenvalue weighted by Gasteiger charge is -2.02. The van der Waals surface area contributed by atoms with Crippen molar-refractivity contribution in [3.8, 4) is 0 Å². The second kappa shape index (κ2) is 3.83. The van der Waals surface area contributed by atoms with E-state index in [2.05, 4.69) is 0 Å². The van der Waals surface area contributed by atoms with Crippen LogP contribution in [0.15, 0.2) is 18.2 Å². The Morgan fingerprint density at radius 1 is 1.44 bits per heavy atom. The zero-order chi connectivity index (χ0) is 11.9. The van der Waals surface area contributed by atoms with Crippen molar-refractivity contribution in [3.63, 3.8) is 0 Å². The summed E-state index contributed by atoms with van der Waals surface area (Å²) >= 11 is 6.04. The Morgan fingerprint density at radius 2 is 2.12 bits per heavy atom. The molecule has 1 aromatic heterocycles. The summed E-state index contributed by atoms with van der Waals surface area (Å²) in [6.45, 7) is 1.94. The number of methoxy groups -OCH3 is 1. The van der Waals surface area contributed by atoms with Crippen LogP contribution in [-0.2, 0) is 11.8 Å². The van der Waals surface area contributed by atoms with Crippen LogP contribution in [0.3, 0.4) is 0 Å². The molecule has 0 aliphatic rings. The first-order chi connectivity index (χ1) is 7.56. The monoisotopic (exact) mass is 237 g/mol. The van der Waals surface area contributed by atoms with Gasteiger partial charge in [-0.3, -0.25) is 0 Å². The van der Waals surface area contributed by atoms with E-state index in [0.29, 0.717) is 10.7 Å². The van der Waals surface area contributed by atoms with Crippen LogP contribution in [0.1, 0.15) is 16.1 Å². The molecule has 84 valence electrons. The van der Waals surface area contributed by atoms with Crippen LogP contribution in [0.5, 0.6) is 0 Å². The number of ether oxygens (including phenoxy) is 1. The van der Waals surface area contributed by atoms with Gasteiger partial charge in [0.1, 0.15) is 5.69 Å². The fourth-order valence-corrected chi connectivity index (χ4v) is 1.99. The van der Waals surface area contributed by atoms with E-state index in [9.17, 15) is 4.79 Å². The van der Waals surface area contributed by atoms with Crippen molar-refractivity contribution in [2.45, 2.75) is 6.92 Å². The highest BCUT2D eigenvalue weighted by Crippen LogP contribution is 2.27. The Morgan fingerprint density at radius 3 is 2.75 bits per heavy atom. The Hall–Kier alpha value is -1.48. The molecule has 0 bridgehead atoms. The molecule has 0 N–H and O–H groups in total. The summed E-state index contributed by atoms with van der Waals surface area (Å²) in [4.78, 5) is 11.5. The predicted molar refractivity (Wildman–Crippen MR) is 64.0 cm³/mol. The van der Waals surface area contributed by atoms with Crippen molar-refractivity contribution in [1.29, 1.82) is 0 Å². The summed E-state index contributed by atoms with van der Waals surface area (Å²) in [6.07, 6.45) is 0. The third-order valence-electron chi connectivity index (χ3n) is 2.82. The third-order valence-corrected chi connectivity index (χ3v) is 3.23. The van der Waals surface area contributed by atoms with Gasteiger partial charge in [0, 0.05) is 23.0 Å². The van der Waals surface area contributed by atoms with Crippen LogP contribution in [-0.4, -0.2) is 17.6 Å². The highest BCUT2D eigenvalue weighted by molar-refractivity contribution is 6.32. The van der Waals surface area contributed by atoms with E-state index in [1.807, 2.05) is 36.7 Å². The molecule has 0 unspecified atom stereocenters. The van der Waals surface area contributed by atoms with E-state index < -0.39 is 0 Å². The van der Waals surface area contributed by atoms with Gasteiger partial charge in [0.15, 0.2) is 0 Å². The van der Waals surface area contributed by atoms with Crippen molar-refractivity contribution < 1.29 is 9.53 Å². The standard InChI is InChI=1S/C12H12ClNO2/c1-7-8-6-11(12(15)16-3)14(2)10(8)5-4-9(7)13/h4-6H,1-3H3. The number of esters is 1. The van der Waals surface area contributed by atoms with E-state index in [1.54, 1.807) is 0 Å². The van der Waals surface area contributed by atoms with Gasteiger partial charge in [0.2, 0.25) is 0 Å². The van der Waals surface area contributed by atoms with Gasteiger partial charge >= 0.3 is 5.97 Å². The van der Waals surface area contributed by atoms with E-state index in [0.717, 1.165) is 16.5 Å². The van der Waals surface area contributed by atoms with Gasteiger partial charge in [-0.25, -0.2) is 4.79 Å². The molecular weight excluding hydrogens is 226 g/mol. The van der Waals surface area contributed by atoms with Gasteiger partial charge in [-0.05, 0) is 30.7 Å². The minimum Gasteiger partial charge on any atom is -0.464 e. The highest BCUT2D eigenvalue weighted by atomic mass is 35.5. The van der Waals surface area contributed by atoms with Gasteiger partial charge in [-0.2, -0.15) is 0 Å². The quantitative estimate of drug-likeness (QED) is 0.714. The van der Waals surface area contributed by atoms with Crippen LogP contribution in [0, 0.1) is 6.92 Å². The van der Waals surface area contributed by atoms with Gasteiger partial charge in [0.25, 0.3) is 0 Å². The Labute approximate surface area is 98.6 Å². The average molecular weight is 238 g/mol. The number of aromatic nitrogens is 1.